The van der Waals surface area contributed by atoms with E-state index in [9.17, 15) is 0 Å². The molecule has 0 radical (unpaired) electrons. The van der Waals surface area contributed by atoms with Crippen molar-refractivity contribution in [1.29, 1.82) is 0 Å². The van der Waals surface area contributed by atoms with Gasteiger partial charge in [-0.15, -0.1) is 0 Å². The molecule has 2 heterocycles. The highest BCUT2D eigenvalue weighted by Gasteiger charge is 2.06. The molecule has 0 aliphatic heterocycles. The van der Waals surface area contributed by atoms with E-state index < -0.39 is 0 Å². The highest BCUT2D eigenvalue weighted by atomic mass is 35.5. The van der Waals surface area contributed by atoms with Crippen LogP contribution in [-0.4, -0.2) is 26.9 Å². The van der Waals surface area contributed by atoms with Gasteiger partial charge in [-0.05, 0) is 12.1 Å². The van der Waals surface area contributed by atoms with Crippen molar-refractivity contribution in [3.8, 4) is 11.6 Å². The Bertz CT molecular complexity index is 758. The Morgan fingerprint density at radius 2 is 2.10 bits per heavy atom. The number of halogens is 1. The van der Waals surface area contributed by atoms with E-state index >= 15 is 0 Å². The van der Waals surface area contributed by atoms with Gasteiger partial charge >= 0.3 is 0 Å². The molecule has 0 amide bonds. The van der Waals surface area contributed by atoms with Crippen molar-refractivity contribution in [2.75, 3.05) is 12.4 Å². The van der Waals surface area contributed by atoms with Gasteiger partial charge in [0.2, 0.25) is 11.8 Å². The lowest BCUT2D eigenvalue weighted by Gasteiger charge is -2.04. The van der Waals surface area contributed by atoms with Crippen LogP contribution in [0.15, 0.2) is 48.9 Å². The highest BCUT2D eigenvalue weighted by molar-refractivity contribution is 6.32. The Labute approximate surface area is 126 Å². The summed E-state index contributed by atoms with van der Waals surface area (Å²) in [7, 11) is 1.56. The van der Waals surface area contributed by atoms with Crippen molar-refractivity contribution in [2.24, 2.45) is 0 Å². The van der Waals surface area contributed by atoms with Crippen LogP contribution in [0.4, 0.5) is 11.6 Å². The fraction of sp³-hybridized carbons (Fsp3) is 0.0714. The third-order valence-electron chi connectivity index (χ3n) is 2.78. The first-order valence-electron chi connectivity index (χ1n) is 6.20. The van der Waals surface area contributed by atoms with Crippen LogP contribution in [-0.2, 0) is 0 Å². The average Bonchev–Trinajstić information content (AvgIpc) is 2.96. The Hall–Kier alpha value is -2.60. The van der Waals surface area contributed by atoms with Gasteiger partial charge in [0.15, 0.2) is 0 Å². The molecule has 0 saturated carbocycles. The summed E-state index contributed by atoms with van der Waals surface area (Å²) in [4.78, 5) is 8.30. The zero-order valence-electron chi connectivity index (χ0n) is 11.2. The van der Waals surface area contributed by atoms with Crippen molar-refractivity contribution >= 4 is 23.2 Å². The second kappa shape index (κ2) is 5.80. The zero-order valence-corrected chi connectivity index (χ0v) is 11.9. The number of methoxy groups -OCH3 is 1. The number of benzene rings is 1. The van der Waals surface area contributed by atoms with E-state index in [1.165, 1.54) is 0 Å². The van der Waals surface area contributed by atoms with Crippen LogP contribution in [0.25, 0.3) is 5.69 Å². The Kier molecular flexibility index (Phi) is 3.70. The first-order valence-corrected chi connectivity index (χ1v) is 6.58. The molecular formula is C14H12ClN5O. The van der Waals surface area contributed by atoms with Gasteiger partial charge in [-0.3, -0.25) is 0 Å². The summed E-state index contributed by atoms with van der Waals surface area (Å²) < 4.78 is 6.74. The van der Waals surface area contributed by atoms with Gasteiger partial charge in [0.1, 0.15) is 0 Å². The van der Waals surface area contributed by atoms with E-state index in [1.807, 2.05) is 30.5 Å². The Morgan fingerprint density at radius 3 is 2.90 bits per heavy atom. The molecule has 7 heteroatoms. The largest absolute Gasteiger partial charge is 0.481 e. The summed E-state index contributed by atoms with van der Waals surface area (Å²) in [5.74, 6) is 0.930. The van der Waals surface area contributed by atoms with Crippen LogP contribution >= 0.6 is 11.6 Å². The summed E-state index contributed by atoms with van der Waals surface area (Å²) >= 11 is 6.15. The number of rotatable bonds is 4. The van der Waals surface area contributed by atoms with Crippen molar-refractivity contribution in [3.05, 3.63) is 53.9 Å². The van der Waals surface area contributed by atoms with Gasteiger partial charge in [0, 0.05) is 12.3 Å². The third-order valence-corrected chi connectivity index (χ3v) is 3.10. The molecule has 1 N–H and O–H groups in total. The summed E-state index contributed by atoms with van der Waals surface area (Å²) in [6.07, 6.45) is 5.10. The van der Waals surface area contributed by atoms with Crippen LogP contribution < -0.4 is 10.1 Å². The van der Waals surface area contributed by atoms with Crippen LogP contribution in [0.3, 0.4) is 0 Å². The number of nitrogens with one attached hydrogen (secondary N) is 1. The topological polar surface area (TPSA) is 64.9 Å². The average molecular weight is 302 g/mol. The molecule has 3 rings (SSSR count). The monoisotopic (exact) mass is 301 g/mol. The SMILES string of the molecule is COc1ccnc(Nc2cnn(-c3ccccc3Cl)c2)n1. The molecule has 0 aliphatic carbocycles. The second-order valence-electron chi connectivity index (χ2n) is 4.17. The predicted molar refractivity (Wildman–Crippen MR) is 80.4 cm³/mol. The maximum Gasteiger partial charge on any atom is 0.230 e. The van der Waals surface area contributed by atoms with E-state index in [-0.39, 0.29) is 0 Å². The zero-order chi connectivity index (χ0) is 14.7. The highest BCUT2D eigenvalue weighted by Crippen LogP contribution is 2.21. The molecule has 6 nitrogen and oxygen atoms in total. The first-order chi connectivity index (χ1) is 10.3. The van der Waals surface area contributed by atoms with Gasteiger partial charge in [0.05, 0.1) is 35.9 Å². The van der Waals surface area contributed by atoms with Crippen molar-refractivity contribution in [2.45, 2.75) is 0 Å². The normalized spacial score (nSPS) is 10.4. The molecule has 0 unspecified atom stereocenters. The summed E-state index contributed by atoms with van der Waals surface area (Å²) in [6, 6.07) is 9.16. The molecule has 0 aliphatic rings. The minimum absolute atomic E-state index is 0.438. The third kappa shape index (κ3) is 2.95. The lowest BCUT2D eigenvalue weighted by Crippen LogP contribution is -1.98. The van der Waals surface area contributed by atoms with Gasteiger partial charge in [-0.2, -0.15) is 10.1 Å². The predicted octanol–water partition coefficient (Wildman–Crippen LogP) is 3.07. The van der Waals surface area contributed by atoms with E-state index in [2.05, 4.69) is 20.4 Å². The standard InChI is InChI=1S/C14H12ClN5O/c1-21-13-6-7-16-14(19-13)18-10-8-17-20(9-10)12-5-3-2-4-11(12)15/h2-9H,1H3,(H,16,18,19). The minimum atomic E-state index is 0.438. The number of anilines is 2. The van der Waals surface area contributed by atoms with E-state index in [0.29, 0.717) is 16.9 Å². The number of hydrogen-bond acceptors (Lipinski definition) is 5. The van der Waals surface area contributed by atoms with Crippen molar-refractivity contribution < 1.29 is 4.74 Å². The van der Waals surface area contributed by atoms with Crippen LogP contribution in [0.5, 0.6) is 5.88 Å². The Morgan fingerprint density at radius 1 is 1.24 bits per heavy atom. The van der Waals surface area contributed by atoms with Crippen molar-refractivity contribution in [1.82, 2.24) is 19.7 Å². The maximum atomic E-state index is 6.15. The summed E-state index contributed by atoms with van der Waals surface area (Å²) in [5, 5.41) is 7.96. The summed E-state index contributed by atoms with van der Waals surface area (Å²) in [5.41, 5.74) is 1.56. The number of aromatic nitrogens is 4. The molecule has 0 fully saturated rings. The molecule has 0 bridgehead atoms. The number of hydrogen-bond donors (Lipinski definition) is 1. The van der Waals surface area contributed by atoms with E-state index in [4.69, 9.17) is 16.3 Å². The smallest absolute Gasteiger partial charge is 0.230 e. The van der Waals surface area contributed by atoms with Gasteiger partial charge in [0.25, 0.3) is 0 Å². The fourth-order valence-electron chi connectivity index (χ4n) is 1.80. The van der Waals surface area contributed by atoms with Crippen LogP contribution in [0.1, 0.15) is 0 Å². The number of nitrogens with zero attached hydrogens (tertiary/aromatic N) is 4. The maximum absolute atomic E-state index is 6.15. The van der Waals surface area contributed by atoms with E-state index in [1.54, 1.807) is 30.3 Å². The number of para-hydroxylation sites is 1. The lowest BCUT2D eigenvalue weighted by atomic mass is 10.3. The molecule has 1 aromatic carbocycles. The first kappa shape index (κ1) is 13.4. The Balaban J connectivity index is 1.84. The minimum Gasteiger partial charge on any atom is -0.481 e. The summed E-state index contributed by atoms with van der Waals surface area (Å²) in [6.45, 7) is 0. The van der Waals surface area contributed by atoms with E-state index in [0.717, 1.165) is 11.4 Å². The number of ether oxygens (including phenoxy) is 1. The fourth-order valence-corrected chi connectivity index (χ4v) is 2.02. The molecular weight excluding hydrogens is 290 g/mol. The molecule has 0 spiro atoms. The van der Waals surface area contributed by atoms with Gasteiger partial charge in [-0.1, -0.05) is 23.7 Å². The molecule has 3 aromatic rings. The molecule has 106 valence electrons. The quantitative estimate of drug-likeness (QED) is 0.802. The molecule has 0 atom stereocenters. The van der Waals surface area contributed by atoms with Gasteiger partial charge in [-0.25, -0.2) is 9.67 Å². The van der Waals surface area contributed by atoms with Gasteiger partial charge < -0.3 is 10.1 Å². The lowest BCUT2D eigenvalue weighted by molar-refractivity contribution is 0.397. The molecule has 21 heavy (non-hydrogen) atoms. The van der Waals surface area contributed by atoms with Crippen LogP contribution in [0.2, 0.25) is 5.02 Å². The second-order valence-corrected chi connectivity index (χ2v) is 4.58. The van der Waals surface area contributed by atoms with Crippen molar-refractivity contribution in [3.63, 3.8) is 0 Å². The molecule has 2 aromatic heterocycles. The van der Waals surface area contributed by atoms with Crippen LogP contribution in [0, 0.1) is 0 Å². The molecule has 0 saturated heterocycles.